The molecule has 0 unspecified atom stereocenters. The molecule has 2 N–H and O–H groups in total. The third-order valence-corrected chi connectivity index (χ3v) is 6.09. The number of rotatable bonds is 5. The summed E-state index contributed by atoms with van der Waals surface area (Å²) in [6.07, 6.45) is 0. The zero-order valence-corrected chi connectivity index (χ0v) is 17.6. The Morgan fingerprint density at radius 2 is 1.75 bits per heavy atom. The number of carbonyl (C=O) groups excluding carboxylic acids is 1. The van der Waals surface area contributed by atoms with Gasteiger partial charge in [-0.25, -0.2) is 17.6 Å². The maximum absolute atomic E-state index is 13.8. The van der Waals surface area contributed by atoms with E-state index in [9.17, 15) is 22.4 Å². The van der Waals surface area contributed by atoms with Crippen LogP contribution < -0.4 is 15.7 Å². The van der Waals surface area contributed by atoms with E-state index in [1.165, 1.54) is 49.4 Å². The molecule has 0 fully saturated rings. The third kappa shape index (κ3) is 4.52. The fourth-order valence-corrected chi connectivity index (χ4v) is 4.09. The number of hydrogen-bond acceptors (Lipinski definition) is 5. The zero-order chi connectivity index (χ0) is 22.9. The molecule has 3 aromatic carbocycles. The van der Waals surface area contributed by atoms with Crippen molar-refractivity contribution in [3.63, 3.8) is 0 Å². The van der Waals surface area contributed by atoms with E-state index >= 15 is 0 Å². The minimum atomic E-state index is -4.04. The van der Waals surface area contributed by atoms with Crippen molar-refractivity contribution >= 4 is 38.3 Å². The van der Waals surface area contributed by atoms with Crippen molar-refractivity contribution in [1.29, 1.82) is 0 Å². The number of carbonyl (C=O) groups is 1. The van der Waals surface area contributed by atoms with Crippen LogP contribution in [-0.2, 0) is 10.0 Å². The number of anilines is 2. The highest BCUT2D eigenvalue weighted by atomic mass is 32.2. The van der Waals surface area contributed by atoms with Gasteiger partial charge in [0.25, 0.3) is 15.9 Å². The minimum absolute atomic E-state index is 0.152. The quantitative estimate of drug-likeness (QED) is 0.440. The van der Waals surface area contributed by atoms with Crippen LogP contribution in [-0.4, -0.2) is 14.3 Å². The predicted molar refractivity (Wildman–Crippen MR) is 119 cm³/mol. The topological polar surface area (TPSA) is 105 Å². The number of sulfonamides is 1. The van der Waals surface area contributed by atoms with Gasteiger partial charge in [0.05, 0.1) is 4.90 Å². The number of amides is 1. The molecular weight excluding hydrogens is 435 g/mol. The van der Waals surface area contributed by atoms with E-state index in [0.717, 1.165) is 6.07 Å². The van der Waals surface area contributed by atoms with Gasteiger partial charge >= 0.3 is 5.63 Å². The highest BCUT2D eigenvalue weighted by Crippen LogP contribution is 2.21. The van der Waals surface area contributed by atoms with E-state index in [1.54, 1.807) is 24.3 Å². The Kier molecular flexibility index (Phi) is 5.50. The van der Waals surface area contributed by atoms with E-state index in [0.29, 0.717) is 22.2 Å². The molecule has 32 heavy (non-hydrogen) atoms. The molecule has 0 spiro atoms. The fraction of sp³-hybridized carbons (Fsp3) is 0.0435. The smallest absolute Gasteiger partial charge is 0.336 e. The summed E-state index contributed by atoms with van der Waals surface area (Å²) >= 11 is 0. The fourth-order valence-electron chi connectivity index (χ4n) is 3.03. The average Bonchev–Trinajstić information content (AvgIpc) is 2.75. The van der Waals surface area contributed by atoms with Crippen molar-refractivity contribution in [2.45, 2.75) is 11.8 Å². The molecule has 0 aliphatic heterocycles. The van der Waals surface area contributed by atoms with Crippen molar-refractivity contribution in [3.05, 3.63) is 100 Å². The second kappa shape index (κ2) is 8.27. The van der Waals surface area contributed by atoms with Crippen LogP contribution in [0.2, 0.25) is 0 Å². The lowest BCUT2D eigenvalue weighted by Crippen LogP contribution is -2.15. The molecule has 1 aromatic heterocycles. The number of hydrogen-bond donors (Lipinski definition) is 2. The molecule has 0 saturated heterocycles. The van der Waals surface area contributed by atoms with Crippen LogP contribution >= 0.6 is 0 Å². The van der Waals surface area contributed by atoms with E-state index in [-0.39, 0.29) is 16.1 Å². The van der Waals surface area contributed by atoms with Crippen LogP contribution in [0.5, 0.6) is 0 Å². The second-order valence-corrected chi connectivity index (χ2v) is 8.74. The maximum Gasteiger partial charge on any atom is 0.336 e. The molecule has 0 bridgehead atoms. The Bertz CT molecular complexity index is 1510. The summed E-state index contributed by atoms with van der Waals surface area (Å²) in [5, 5.41) is 3.35. The van der Waals surface area contributed by atoms with Crippen molar-refractivity contribution < 1.29 is 22.0 Å². The van der Waals surface area contributed by atoms with E-state index in [2.05, 4.69) is 10.0 Å². The summed E-state index contributed by atoms with van der Waals surface area (Å²) in [6.45, 7) is 1.53. The lowest BCUT2D eigenvalue weighted by Gasteiger charge is -2.11. The van der Waals surface area contributed by atoms with Gasteiger partial charge in [-0.05, 0) is 67.1 Å². The number of halogens is 1. The lowest BCUT2D eigenvalue weighted by molar-refractivity contribution is 0.102. The summed E-state index contributed by atoms with van der Waals surface area (Å²) in [7, 11) is -4.04. The average molecular weight is 452 g/mol. The van der Waals surface area contributed by atoms with Crippen molar-refractivity contribution in [1.82, 2.24) is 0 Å². The summed E-state index contributed by atoms with van der Waals surface area (Å²) in [5.74, 6) is -1.10. The number of fused-ring (bicyclic) bond motifs is 1. The monoisotopic (exact) mass is 452 g/mol. The van der Waals surface area contributed by atoms with Crippen molar-refractivity contribution in [2.75, 3.05) is 10.0 Å². The van der Waals surface area contributed by atoms with E-state index in [4.69, 9.17) is 4.42 Å². The van der Waals surface area contributed by atoms with Gasteiger partial charge in [-0.3, -0.25) is 9.52 Å². The molecule has 0 atom stereocenters. The third-order valence-electron chi connectivity index (χ3n) is 4.71. The van der Waals surface area contributed by atoms with Crippen LogP contribution in [0, 0.1) is 12.7 Å². The Hall–Kier alpha value is -3.98. The number of nitrogens with one attached hydrogen (secondary N) is 2. The first kappa shape index (κ1) is 21.3. The van der Waals surface area contributed by atoms with E-state index < -0.39 is 27.4 Å². The Labute approximate surface area is 182 Å². The number of benzene rings is 3. The molecule has 162 valence electrons. The summed E-state index contributed by atoms with van der Waals surface area (Å²) < 4.78 is 46.3. The Morgan fingerprint density at radius 1 is 0.938 bits per heavy atom. The number of aryl methyl sites for hydroxylation is 1. The van der Waals surface area contributed by atoms with Gasteiger partial charge < -0.3 is 9.73 Å². The summed E-state index contributed by atoms with van der Waals surface area (Å²) in [6, 6.07) is 17.2. The minimum Gasteiger partial charge on any atom is -0.423 e. The van der Waals surface area contributed by atoms with Crippen LogP contribution in [0.3, 0.4) is 0 Å². The van der Waals surface area contributed by atoms with Gasteiger partial charge in [0.15, 0.2) is 0 Å². The largest absolute Gasteiger partial charge is 0.423 e. The molecule has 1 amide bonds. The molecule has 0 saturated carbocycles. The normalized spacial score (nSPS) is 11.3. The first-order valence-electron chi connectivity index (χ1n) is 9.46. The van der Waals surface area contributed by atoms with Crippen molar-refractivity contribution in [3.8, 4) is 0 Å². The molecular formula is C23H17FN2O5S. The zero-order valence-electron chi connectivity index (χ0n) is 16.8. The highest BCUT2D eigenvalue weighted by molar-refractivity contribution is 7.92. The lowest BCUT2D eigenvalue weighted by atomic mass is 10.1. The summed E-state index contributed by atoms with van der Waals surface area (Å²) in [5.41, 5.74) is 1.08. The predicted octanol–water partition coefficient (Wildman–Crippen LogP) is 4.29. The Morgan fingerprint density at radius 3 is 2.53 bits per heavy atom. The van der Waals surface area contributed by atoms with Gasteiger partial charge in [-0.1, -0.05) is 12.1 Å². The first-order chi connectivity index (χ1) is 15.2. The van der Waals surface area contributed by atoms with Gasteiger partial charge in [0.2, 0.25) is 0 Å². The molecule has 0 aliphatic rings. The molecule has 4 rings (SSSR count). The van der Waals surface area contributed by atoms with Gasteiger partial charge in [-0.2, -0.15) is 0 Å². The van der Waals surface area contributed by atoms with Crippen LogP contribution in [0.1, 0.15) is 15.9 Å². The molecule has 1 heterocycles. The molecule has 4 aromatic rings. The SMILES string of the molecule is Cc1ccc(S(=O)(=O)Nc2cccc(C(=O)Nc3ccc4oc(=O)ccc4c3)c2)cc1F. The molecule has 7 nitrogen and oxygen atoms in total. The molecule has 9 heteroatoms. The van der Waals surface area contributed by atoms with Gasteiger partial charge in [-0.15, -0.1) is 0 Å². The second-order valence-electron chi connectivity index (χ2n) is 7.06. The highest BCUT2D eigenvalue weighted by Gasteiger charge is 2.17. The maximum atomic E-state index is 13.8. The molecule has 0 radical (unpaired) electrons. The molecule has 0 aliphatic carbocycles. The van der Waals surface area contributed by atoms with Gasteiger partial charge in [0, 0.05) is 28.4 Å². The Balaban J connectivity index is 1.54. The van der Waals surface area contributed by atoms with Crippen LogP contribution in [0.15, 0.2) is 86.9 Å². The van der Waals surface area contributed by atoms with Crippen LogP contribution in [0.25, 0.3) is 11.0 Å². The van der Waals surface area contributed by atoms with E-state index in [1.807, 2.05) is 0 Å². The standard InChI is InChI=1S/C23H17FN2O5S/c1-14-5-8-19(13-20(14)24)32(29,30)26-18-4-2-3-16(12-18)23(28)25-17-7-9-21-15(11-17)6-10-22(27)31-21/h2-13,26H,1H3,(H,25,28). The van der Waals surface area contributed by atoms with Crippen molar-refractivity contribution in [2.24, 2.45) is 0 Å². The summed E-state index contributed by atoms with van der Waals surface area (Å²) in [4.78, 5) is 23.7. The first-order valence-corrected chi connectivity index (χ1v) is 10.9. The van der Waals surface area contributed by atoms with Crippen LogP contribution in [0.4, 0.5) is 15.8 Å². The van der Waals surface area contributed by atoms with Gasteiger partial charge in [0.1, 0.15) is 11.4 Å².